The van der Waals surface area contributed by atoms with E-state index in [4.69, 9.17) is 0 Å². The average molecular weight is 272 g/mol. The quantitative estimate of drug-likeness (QED) is 0.642. The summed E-state index contributed by atoms with van der Waals surface area (Å²) in [6, 6.07) is 0. The van der Waals surface area contributed by atoms with Crippen LogP contribution in [0.25, 0.3) is 0 Å². The van der Waals surface area contributed by atoms with Crippen LogP contribution in [-0.4, -0.2) is 5.78 Å². The number of fused-ring (bicyclic) bond motifs is 1. The first-order valence-electron chi connectivity index (χ1n) is 7.91. The van der Waals surface area contributed by atoms with Crippen molar-refractivity contribution in [3.63, 3.8) is 0 Å². The number of allylic oxidation sites excluding steroid dienone is 5. The van der Waals surface area contributed by atoms with E-state index in [2.05, 4.69) is 33.4 Å². The first kappa shape index (κ1) is 15.3. The summed E-state index contributed by atoms with van der Waals surface area (Å²) < 4.78 is 0. The first-order chi connectivity index (χ1) is 9.40. The Labute approximate surface area is 123 Å². The van der Waals surface area contributed by atoms with Gasteiger partial charge in [0.2, 0.25) is 0 Å². The number of ketones is 1. The first-order valence-corrected chi connectivity index (χ1v) is 7.91. The Morgan fingerprint density at radius 2 is 2.05 bits per heavy atom. The molecule has 1 heteroatoms. The third-order valence-corrected chi connectivity index (χ3v) is 5.75. The van der Waals surface area contributed by atoms with Crippen LogP contribution in [0.3, 0.4) is 0 Å². The van der Waals surface area contributed by atoms with Crippen LogP contribution in [0.2, 0.25) is 0 Å². The van der Waals surface area contributed by atoms with Crippen LogP contribution in [0.4, 0.5) is 0 Å². The SMILES string of the molecule is C=C/C(C)=C\C1=C(C)CCC2C1CCCC2(C)C(C)=O. The third kappa shape index (κ3) is 2.55. The predicted octanol–water partition coefficient (Wildman–Crippen LogP) is 5.24. The highest BCUT2D eigenvalue weighted by atomic mass is 16.1. The molecule has 0 bridgehead atoms. The maximum absolute atomic E-state index is 12.2. The van der Waals surface area contributed by atoms with Gasteiger partial charge < -0.3 is 0 Å². The topological polar surface area (TPSA) is 17.1 Å². The van der Waals surface area contributed by atoms with Crippen molar-refractivity contribution in [3.8, 4) is 0 Å². The fraction of sp³-hybridized carbons (Fsp3) is 0.632. The van der Waals surface area contributed by atoms with Crippen molar-refractivity contribution < 1.29 is 4.79 Å². The highest BCUT2D eigenvalue weighted by Crippen LogP contribution is 2.53. The van der Waals surface area contributed by atoms with E-state index in [1.54, 1.807) is 6.92 Å². The molecule has 2 aliphatic rings. The number of Topliss-reactive ketones (excluding diaryl/α,β-unsaturated/α-hetero) is 1. The molecule has 0 radical (unpaired) electrons. The molecule has 3 atom stereocenters. The summed E-state index contributed by atoms with van der Waals surface area (Å²) in [5.41, 5.74) is 4.13. The second-order valence-electron chi connectivity index (χ2n) is 6.95. The van der Waals surface area contributed by atoms with Crippen LogP contribution in [-0.2, 0) is 4.79 Å². The maximum atomic E-state index is 12.2. The van der Waals surface area contributed by atoms with Crippen LogP contribution in [0.5, 0.6) is 0 Å². The fourth-order valence-corrected chi connectivity index (χ4v) is 4.22. The Hall–Kier alpha value is -1.11. The van der Waals surface area contributed by atoms with Crippen molar-refractivity contribution in [2.24, 2.45) is 17.3 Å². The van der Waals surface area contributed by atoms with E-state index in [-0.39, 0.29) is 5.41 Å². The Bertz CT molecular complexity index is 480. The van der Waals surface area contributed by atoms with Gasteiger partial charge in [-0.05, 0) is 63.9 Å². The molecule has 0 aromatic rings. The molecule has 0 aromatic heterocycles. The summed E-state index contributed by atoms with van der Waals surface area (Å²) in [5, 5.41) is 0. The lowest BCUT2D eigenvalue weighted by molar-refractivity contribution is -0.132. The molecule has 1 nitrogen and oxygen atoms in total. The molecule has 0 heterocycles. The molecule has 0 saturated heterocycles. The summed E-state index contributed by atoms with van der Waals surface area (Å²) in [5.74, 6) is 1.48. The minimum absolute atomic E-state index is 0.106. The molecule has 1 fully saturated rings. The zero-order valence-corrected chi connectivity index (χ0v) is 13.5. The fourth-order valence-electron chi connectivity index (χ4n) is 4.22. The lowest BCUT2D eigenvalue weighted by Gasteiger charge is -2.48. The molecule has 2 rings (SSSR count). The number of hydrogen-bond acceptors (Lipinski definition) is 1. The van der Waals surface area contributed by atoms with Crippen molar-refractivity contribution >= 4 is 5.78 Å². The van der Waals surface area contributed by atoms with E-state index in [0.717, 1.165) is 12.8 Å². The van der Waals surface area contributed by atoms with Crippen LogP contribution in [0, 0.1) is 17.3 Å². The lowest BCUT2D eigenvalue weighted by atomic mass is 9.55. The van der Waals surface area contributed by atoms with Gasteiger partial charge in [-0.1, -0.05) is 43.2 Å². The third-order valence-electron chi connectivity index (χ3n) is 5.75. The Balaban J connectivity index is 2.40. The van der Waals surface area contributed by atoms with Gasteiger partial charge in [0.1, 0.15) is 5.78 Å². The van der Waals surface area contributed by atoms with E-state index >= 15 is 0 Å². The van der Waals surface area contributed by atoms with E-state index in [0.29, 0.717) is 17.6 Å². The van der Waals surface area contributed by atoms with Gasteiger partial charge in [0.25, 0.3) is 0 Å². The highest BCUT2D eigenvalue weighted by Gasteiger charge is 2.47. The standard InChI is InChI=1S/C19H28O/c1-6-13(2)12-17-14(3)9-10-18-16(17)8-7-11-19(18,5)15(4)20/h6,12,16,18H,1,7-11H2,2-5H3/b13-12-. The van der Waals surface area contributed by atoms with E-state index < -0.39 is 0 Å². The smallest absolute Gasteiger partial charge is 0.135 e. The van der Waals surface area contributed by atoms with Crippen molar-refractivity contribution in [2.45, 2.75) is 59.8 Å². The van der Waals surface area contributed by atoms with E-state index in [9.17, 15) is 4.79 Å². The molecule has 2 aliphatic carbocycles. The minimum atomic E-state index is -0.106. The molecule has 20 heavy (non-hydrogen) atoms. The number of carbonyl (C=O) groups is 1. The van der Waals surface area contributed by atoms with Gasteiger partial charge in [-0.15, -0.1) is 0 Å². The second-order valence-corrected chi connectivity index (χ2v) is 6.95. The van der Waals surface area contributed by atoms with Crippen molar-refractivity contribution in [1.82, 2.24) is 0 Å². The minimum Gasteiger partial charge on any atom is -0.299 e. The highest BCUT2D eigenvalue weighted by molar-refractivity contribution is 5.82. The molecular formula is C19H28O. The van der Waals surface area contributed by atoms with Crippen LogP contribution in [0.1, 0.15) is 59.8 Å². The molecular weight excluding hydrogens is 244 g/mol. The lowest BCUT2D eigenvalue weighted by Crippen LogP contribution is -2.44. The molecule has 110 valence electrons. The Morgan fingerprint density at radius 1 is 1.35 bits per heavy atom. The normalized spacial score (nSPS) is 34.7. The van der Waals surface area contributed by atoms with Gasteiger partial charge in [-0.2, -0.15) is 0 Å². The van der Waals surface area contributed by atoms with Crippen LogP contribution in [0.15, 0.2) is 35.5 Å². The van der Waals surface area contributed by atoms with Crippen LogP contribution < -0.4 is 0 Å². The van der Waals surface area contributed by atoms with Gasteiger partial charge in [-0.3, -0.25) is 4.79 Å². The molecule has 0 amide bonds. The molecule has 0 aromatic carbocycles. The maximum Gasteiger partial charge on any atom is 0.135 e. The number of hydrogen-bond donors (Lipinski definition) is 0. The number of rotatable bonds is 3. The van der Waals surface area contributed by atoms with Gasteiger partial charge in [0.05, 0.1) is 0 Å². The van der Waals surface area contributed by atoms with Gasteiger partial charge in [0, 0.05) is 5.41 Å². The molecule has 0 aliphatic heterocycles. The van der Waals surface area contributed by atoms with Crippen LogP contribution >= 0.6 is 0 Å². The number of carbonyl (C=O) groups excluding carboxylic acids is 1. The zero-order valence-electron chi connectivity index (χ0n) is 13.5. The molecule has 3 unspecified atom stereocenters. The summed E-state index contributed by atoms with van der Waals surface area (Å²) >= 11 is 0. The Kier molecular flexibility index (Phi) is 4.36. The van der Waals surface area contributed by atoms with Gasteiger partial charge in [0.15, 0.2) is 0 Å². The van der Waals surface area contributed by atoms with Crippen molar-refractivity contribution in [1.29, 1.82) is 0 Å². The van der Waals surface area contributed by atoms with Crippen molar-refractivity contribution in [2.75, 3.05) is 0 Å². The average Bonchev–Trinajstić information content (AvgIpc) is 2.41. The molecule has 0 N–H and O–H groups in total. The van der Waals surface area contributed by atoms with E-state index in [1.165, 1.54) is 36.0 Å². The van der Waals surface area contributed by atoms with Gasteiger partial charge in [-0.25, -0.2) is 0 Å². The summed E-state index contributed by atoms with van der Waals surface area (Å²) in [7, 11) is 0. The zero-order chi connectivity index (χ0) is 14.9. The molecule has 0 spiro atoms. The van der Waals surface area contributed by atoms with Gasteiger partial charge >= 0.3 is 0 Å². The molecule has 1 saturated carbocycles. The monoisotopic (exact) mass is 272 g/mol. The summed E-state index contributed by atoms with van der Waals surface area (Å²) in [6.07, 6.45) is 10.0. The summed E-state index contributed by atoms with van der Waals surface area (Å²) in [4.78, 5) is 12.2. The second kappa shape index (κ2) is 5.71. The van der Waals surface area contributed by atoms with E-state index in [1.807, 2.05) is 6.08 Å². The predicted molar refractivity (Wildman–Crippen MR) is 85.5 cm³/mol. The largest absolute Gasteiger partial charge is 0.299 e. The van der Waals surface area contributed by atoms with Crippen molar-refractivity contribution in [3.05, 3.63) is 35.5 Å². The Morgan fingerprint density at radius 3 is 2.65 bits per heavy atom. The summed E-state index contributed by atoms with van der Waals surface area (Å²) in [6.45, 7) is 12.2.